The first-order valence-corrected chi connectivity index (χ1v) is 9.35. The number of aromatic nitrogens is 2. The van der Waals surface area contributed by atoms with Crippen LogP contribution in [-0.4, -0.2) is 41.5 Å². The van der Waals surface area contributed by atoms with Crippen LogP contribution in [0.1, 0.15) is 28.9 Å². The number of nitrogens with one attached hydrogen (secondary N) is 1. The van der Waals surface area contributed by atoms with Gasteiger partial charge in [0.05, 0.1) is 5.69 Å². The third-order valence-electron chi connectivity index (χ3n) is 4.12. The van der Waals surface area contributed by atoms with Gasteiger partial charge in [-0.3, -0.25) is 9.48 Å². The van der Waals surface area contributed by atoms with E-state index in [1.54, 1.807) is 20.0 Å². The first-order chi connectivity index (χ1) is 11.8. The minimum atomic E-state index is -3.94. The fourth-order valence-electron chi connectivity index (χ4n) is 2.83. The summed E-state index contributed by atoms with van der Waals surface area (Å²) in [6.07, 6.45) is 1.50. The van der Waals surface area contributed by atoms with E-state index in [2.05, 4.69) is 10.4 Å². The Kier molecular flexibility index (Phi) is 4.61. The van der Waals surface area contributed by atoms with E-state index in [1.807, 2.05) is 0 Å². The van der Waals surface area contributed by atoms with Gasteiger partial charge in [0, 0.05) is 31.8 Å². The van der Waals surface area contributed by atoms with Crippen molar-refractivity contribution in [1.82, 2.24) is 14.1 Å². The average molecular weight is 366 g/mol. The monoisotopic (exact) mass is 366 g/mol. The highest BCUT2D eigenvalue weighted by atomic mass is 32.2. The zero-order chi connectivity index (χ0) is 18.2. The molecule has 1 fully saturated rings. The number of carbonyl (C=O) groups is 1. The predicted octanol–water partition coefficient (Wildman–Crippen LogP) is 1.90. The summed E-state index contributed by atoms with van der Waals surface area (Å²) in [7, 11) is -2.26. The van der Waals surface area contributed by atoms with Gasteiger partial charge < -0.3 is 5.32 Å². The highest BCUT2D eigenvalue weighted by Gasteiger charge is 2.30. The van der Waals surface area contributed by atoms with Gasteiger partial charge in [-0.1, -0.05) is 0 Å². The summed E-state index contributed by atoms with van der Waals surface area (Å²) in [5.74, 6) is -0.920. The van der Waals surface area contributed by atoms with Crippen LogP contribution in [0.25, 0.3) is 0 Å². The van der Waals surface area contributed by atoms with E-state index in [9.17, 15) is 17.6 Å². The molecule has 25 heavy (non-hydrogen) atoms. The Balaban J connectivity index is 1.91. The number of hydrogen-bond acceptors (Lipinski definition) is 4. The molecule has 3 rings (SSSR count). The molecule has 1 saturated heterocycles. The number of amides is 1. The Morgan fingerprint density at radius 1 is 1.24 bits per heavy atom. The number of carbonyl (C=O) groups excluding carboxylic acids is 1. The van der Waals surface area contributed by atoms with Crippen LogP contribution in [-0.2, 0) is 17.1 Å². The zero-order valence-corrected chi connectivity index (χ0v) is 14.8. The van der Waals surface area contributed by atoms with Crippen molar-refractivity contribution in [3.05, 3.63) is 41.3 Å². The highest BCUT2D eigenvalue weighted by molar-refractivity contribution is 7.89. The average Bonchev–Trinajstić information content (AvgIpc) is 3.18. The molecule has 2 aromatic rings. The molecular weight excluding hydrogens is 347 g/mol. The Bertz CT molecular complexity index is 917. The number of rotatable bonds is 4. The van der Waals surface area contributed by atoms with Crippen LogP contribution in [0.15, 0.2) is 29.2 Å². The lowest BCUT2D eigenvalue weighted by atomic mass is 10.2. The van der Waals surface area contributed by atoms with Gasteiger partial charge in [0.25, 0.3) is 5.91 Å². The molecule has 0 unspecified atom stereocenters. The number of sulfonamides is 1. The molecule has 9 heteroatoms. The number of benzene rings is 1. The molecule has 0 spiro atoms. The van der Waals surface area contributed by atoms with E-state index in [0.717, 1.165) is 30.7 Å². The fourth-order valence-corrected chi connectivity index (χ4v) is 4.43. The Morgan fingerprint density at radius 3 is 2.52 bits per heavy atom. The van der Waals surface area contributed by atoms with Gasteiger partial charge in [0.2, 0.25) is 10.0 Å². The van der Waals surface area contributed by atoms with Crippen molar-refractivity contribution in [3.8, 4) is 0 Å². The first kappa shape index (κ1) is 17.6. The number of halogens is 1. The second-order valence-electron chi connectivity index (χ2n) is 6.01. The quantitative estimate of drug-likeness (QED) is 0.896. The molecule has 134 valence electrons. The molecule has 1 N–H and O–H groups in total. The maximum Gasteiger partial charge on any atom is 0.256 e. The Morgan fingerprint density at radius 2 is 1.92 bits per heavy atom. The molecule has 2 heterocycles. The molecule has 0 atom stereocenters. The summed E-state index contributed by atoms with van der Waals surface area (Å²) in [6.45, 7) is 2.52. The summed E-state index contributed by atoms with van der Waals surface area (Å²) in [4.78, 5) is 11.9. The van der Waals surface area contributed by atoms with Gasteiger partial charge in [-0.2, -0.15) is 9.40 Å². The summed E-state index contributed by atoms with van der Waals surface area (Å²) in [5.41, 5.74) is 0.798. The van der Waals surface area contributed by atoms with Crippen LogP contribution in [0.5, 0.6) is 0 Å². The normalized spacial score (nSPS) is 15.5. The van der Waals surface area contributed by atoms with Gasteiger partial charge in [0.1, 0.15) is 16.5 Å². The largest absolute Gasteiger partial charge is 0.307 e. The molecule has 1 aliphatic heterocycles. The molecule has 0 saturated carbocycles. The highest BCUT2D eigenvalue weighted by Crippen LogP contribution is 2.24. The zero-order valence-electron chi connectivity index (χ0n) is 14.0. The number of aryl methyl sites for hydroxylation is 2. The van der Waals surface area contributed by atoms with Crippen molar-refractivity contribution in [2.75, 3.05) is 18.4 Å². The number of nitrogens with zero attached hydrogens (tertiary/aromatic N) is 3. The van der Waals surface area contributed by atoms with E-state index in [0.29, 0.717) is 18.9 Å². The van der Waals surface area contributed by atoms with E-state index >= 15 is 0 Å². The van der Waals surface area contributed by atoms with Gasteiger partial charge in [-0.25, -0.2) is 12.8 Å². The predicted molar refractivity (Wildman–Crippen MR) is 90.3 cm³/mol. The third-order valence-corrected chi connectivity index (χ3v) is 6.03. The standard InChI is InChI=1S/C16H19FN4O3S/c1-11-9-15(20(2)19-11)18-16(22)12-5-6-13(17)14(10-12)25(23,24)21-7-3-4-8-21/h5-6,9-10H,3-4,7-8H2,1-2H3,(H,18,22). The van der Waals surface area contributed by atoms with E-state index in [4.69, 9.17) is 0 Å². The molecule has 1 aromatic carbocycles. The summed E-state index contributed by atoms with van der Waals surface area (Å²) >= 11 is 0. The van der Waals surface area contributed by atoms with Gasteiger partial charge in [-0.15, -0.1) is 0 Å². The topological polar surface area (TPSA) is 84.3 Å². The van der Waals surface area contributed by atoms with Crippen LogP contribution < -0.4 is 5.32 Å². The second kappa shape index (κ2) is 6.57. The molecule has 1 amide bonds. The smallest absolute Gasteiger partial charge is 0.256 e. The lowest BCUT2D eigenvalue weighted by molar-refractivity contribution is 0.102. The van der Waals surface area contributed by atoms with Crippen molar-refractivity contribution < 1.29 is 17.6 Å². The summed E-state index contributed by atoms with van der Waals surface area (Å²) < 4.78 is 42.0. The van der Waals surface area contributed by atoms with E-state index < -0.39 is 26.6 Å². The molecule has 7 nitrogen and oxygen atoms in total. The lowest BCUT2D eigenvalue weighted by Gasteiger charge is -2.16. The lowest BCUT2D eigenvalue weighted by Crippen LogP contribution is -2.29. The van der Waals surface area contributed by atoms with Gasteiger partial charge >= 0.3 is 0 Å². The van der Waals surface area contributed by atoms with Gasteiger partial charge in [0.15, 0.2) is 0 Å². The molecule has 0 bridgehead atoms. The third kappa shape index (κ3) is 3.42. The SMILES string of the molecule is Cc1cc(NC(=O)c2ccc(F)c(S(=O)(=O)N3CCCC3)c2)n(C)n1. The molecule has 1 aromatic heterocycles. The van der Waals surface area contributed by atoms with Crippen LogP contribution in [0.2, 0.25) is 0 Å². The molecule has 0 aliphatic carbocycles. The number of anilines is 1. The Labute approximate surface area is 145 Å². The van der Waals surface area contributed by atoms with Crippen LogP contribution >= 0.6 is 0 Å². The summed E-state index contributed by atoms with van der Waals surface area (Å²) in [6, 6.07) is 5.04. The van der Waals surface area contributed by atoms with Crippen LogP contribution in [0.4, 0.5) is 10.2 Å². The molecule has 0 radical (unpaired) electrons. The van der Waals surface area contributed by atoms with Gasteiger partial charge in [-0.05, 0) is 38.0 Å². The maximum atomic E-state index is 14.1. The van der Waals surface area contributed by atoms with Crippen LogP contribution in [0.3, 0.4) is 0 Å². The minimum absolute atomic E-state index is 0.0676. The molecule has 1 aliphatic rings. The second-order valence-corrected chi connectivity index (χ2v) is 7.91. The maximum absolute atomic E-state index is 14.1. The van der Waals surface area contributed by atoms with Crippen molar-refractivity contribution in [1.29, 1.82) is 0 Å². The van der Waals surface area contributed by atoms with Crippen LogP contribution in [0, 0.1) is 12.7 Å². The molecular formula is C16H19FN4O3S. The van der Waals surface area contributed by atoms with Crippen molar-refractivity contribution in [2.45, 2.75) is 24.7 Å². The first-order valence-electron chi connectivity index (χ1n) is 7.91. The summed E-state index contributed by atoms with van der Waals surface area (Å²) in [5, 5.41) is 6.77. The fraction of sp³-hybridized carbons (Fsp3) is 0.375. The van der Waals surface area contributed by atoms with Crippen molar-refractivity contribution in [3.63, 3.8) is 0 Å². The minimum Gasteiger partial charge on any atom is -0.307 e. The van der Waals surface area contributed by atoms with Crippen molar-refractivity contribution in [2.24, 2.45) is 7.05 Å². The van der Waals surface area contributed by atoms with Crippen molar-refractivity contribution >= 4 is 21.7 Å². The number of hydrogen-bond donors (Lipinski definition) is 1. The Hall–Kier alpha value is -2.26. The van der Waals surface area contributed by atoms with E-state index in [-0.39, 0.29) is 5.56 Å². The van der Waals surface area contributed by atoms with E-state index in [1.165, 1.54) is 15.1 Å².